The van der Waals surface area contributed by atoms with Gasteiger partial charge >= 0.3 is 0 Å². The van der Waals surface area contributed by atoms with Crippen molar-refractivity contribution in [3.63, 3.8) is 0 Å². The van der Waals surface area contributed by atoms with E-state index in [-0.39, 0.29) is 0 Å². The van der Waals surface area contributed by atoms with Crippen LogP contribution in [-0.2, 0) is 0 Å². The van der Waals surface area contributed by atoms with Gasteiger partial charge in [-0.25, -0.2) is 9.97 Å². The van der Waals surface area contributed by atoms with Gasteiger partial charge in [0.1, 0.15) is 11.3 Å². The van der Waals surface area contributed by atoms with E-state index < -0.39 is 0 Å². The maximum absolute atomic E-state index is 5.07. The third kappa shape index (κ3) is 2.75. The van der Waals surface area contributed by atoms with Crippen LogP contribution in [0.2, 0.25) is 0 Å². The monoisotopic (exact) mass is 460 g/mol. The van der Waals surface area contributed by atoms with Crippen LogP contribution in [-0.4, -0.2) is 18.8 Å². The fourth-order valence-electron chi connectivity index (χ4n) is 5.44. The minimum Gasteiger partial charge on any atom is -0.306 e. The molecule has 0 aliphatic heterocycles. The van der Waals surface area contributed by atoms with Crippen molar-refractivity contribution >= 4 is 33.1 Å². The Morgan fingerprint density at radius 3 is 2.08 bits per heavy atom. The SMILES string of the molecule is c1cc(-c2cccc(-c3nc4cccc5c6ccccc6c3n45)c2)cc(-c2cn3ccccc3n2)c1. The molecule has 168 valence electrons. The normalized spacial score (nSPS) is 11.9. The maximum atomic E-state index is 5.07. The van der Waals surface area contributed by atoms with Crippen molar-refractivity contribution in [2.24, 2.45) is 0 Å². The number of imidazole rings is 2. The summed E-state index contributed by atoms with van der Waals surface area (Å²) in [5.41, 5.74) is 10.8. The van der Waals surface area contributed by atoms with Gasteiger partial charge in [-0.3, -0.25) is 4.40 Å². The van der Waals surface area contributed by atoms with Crippen LogP contribution >= 0.6 is 0 Å². The standard InChI is InChI=1S/C32H20N4/c1-2-13-26-25(12-1)28-14-7-16-30-34-31(32(26)36(28)30)24-11-6-9-22(19-24)21-8-5-10-23(18-21)27-20-35-17-4-3-15-29(35)33-27/h1-20H. The van der Waals surface area contributed by atoms with Crippen LogP contribution in [0, 0.1) is 0 Å². The first-order chi connectivity index (χ1) is 17.8. The van der Waals surface area contributed by atoms with E-state index in [1.54, 1.807) is 0 Å². The zero-order chi connectivity index (χ0) is 23.6. The zero-order valence-electron chi connectivity index (χ0n) is 19.3. The van der Waals surface area contributed by atoms with Crippen molar-refractivity contribution in [3.8, 4) is 33.6 Å². The number of aromatic nitrogens is 4. The van der Waals surface area contributed by atoms with Crippen LogP contribution in [0.4, 0.5) is 0 Å². The molecule has 4 heteroatoms. The van der Waals surface area contributed by atoms with E-state index in [0.29, 0.717) is 0 Å². The number of fused-ring (bicyclic) bond motifs is 4. The molecule has 8 aromatic rings. The topological polar surface area (TPSA) is 34.6 Å². The van der Waals surface area contributed by atoms with Crippen molar-refractivity contribution in [2.75, 3.05) is 0 Å². The predicted octanol–water partition coefficient (Wildman–Crippen LogP) is 7.73. The quantitative estimate of drug-likeness (QED) is 0.270. The number of hydrogen-bond acceptors (Lipinski definition) is 2. The van der Waals surface area contributed by atoms with Gasteiger partial charge in [0.2, 0.25) is 0 Å². The summed E-state index contributed by atoms with van der Waals surface area (Å²) < 4.78 is 4.35. The van der Waals surface area contributed by atoms with Crippen LogP contribution in [0.5, 0.6) is 0 Å². The van der Waals surface area contributed by atoms with Gasteiger partial charge in [-0.1, -0.05) is 72.8 Å². The number of hydrogen-bond donors (Lipinski definition) is 0. The minimum absolute atomic E-state index is 0.949. The highest BCUT2D eigenvalue weighted by Gasteiger charge is 2.18. The molecule has 0 saturated heterocycles. The summed E-state index contributed by atoms with van der Waals surface area (Å²) in [6.07, 6.45) is 4.11. The van der Waals surface area contributed by atoms with Crippen molar-refractivity contribution in [2.45, 2.75) is 0 Å². The number of nitrogens with zero attached hydrogens (tertiary/aromatic N) is 4. The van der Waals surface area contributed by atoms with Crippen LogP contribution in [0.3, 0.4) is 0 Å². The molecule has 0 fully saturated rings. The summed E-state index contributed by atoms with van der Waals surface area (Å²) in [4.78, 5) is 9.88. The van der Waals surface area contributed by atoms with Gasteiger partial charge in [-0.05, 0) is 47.5 Å². The smallest absolute Gasteiger partial charge is 0.138 e. The van der Waals surface area contributed by atoms with Gasteiger partial charge in [0, 0.05) is 34.3 Å². The molecule has 0 radical (unpaired) electrons. The molecule has 4 nitrogen and oxygen atoms in total. The number of benzene rings is 3. The highest BCUT2D eigenvalue weighted by Crippen LogP contribution is 2.38. The summed E-state index contributed by atoms with van der Waals surface area (Å²) in [7, 11) is 0. The molecular formula is C32H20N4. The highest BCUT2D eigenvalue weighted by molar-refractivity contribution is 6.13. The molecule has 8 rings (SSSR count). The number of rotatable bonds is 3. The maximum Gasteiger partial charge on any atom is 0.138 e. The molecule has 0 aliphatic carbocycles. The summed E-state index contributed by atoms with van der Waals surface area (Å²) in [5.74, 6) is 0. The van der Waals surface area contributed by atoms with Gasteiger partial charge in [0.05, 0.1) is 22.4 Å². The molecule has 5 aromatic heterocycles. The molecular weight excluding hydrogens is 440 g/mol. The summed E-state index contributed by atoms with van der Waals surface area (Å²) >= 11 is 0. The van der Waals surface area contributed by atoms with Crippen molar-refractivity contribution in [1.82, 2.24) is 18.8 Å². The Kier molecular flexibility index (Phi) is 3.91. The first-order valence-electron chi connectivity index (χ1n) is 12.1. The molecule has 0 amide bonds. The fourth-order valence-corrected chi connectivity index (χ4v) is 5.44. The molecule has 5 heterocycles. The van der Waals surface area contributed by atoms with Crippen molar-refractivity contribution in [3.05, 3.63) is 122 Å². The Morgan fingerprint density at radius 1 is 0.528 bits per heavy atom. The Balaban J connectivity index is 1.28. The molecule has 0 atom stereocenters. The van der Waals surface area contributed by atoms with E-state index >= 15 is 0 Å². The largest absolute Gasteiger partial charge is 0.306 e. The lowest BCUT2D eigenvalue weighted by molar-refractivity contribution is 1.19. The van der Waals surface area contributed by atoms with Crippen molar-refractivity contribution in [1.29, 1.82) is 0 Å². The lowest BCUT2D eigenvalue weighted by Crippen LogP contribution is -1.84. The summed E-state index contributed by atoms with van der Waals surface area (Å²) in [5, 5.41) is 2.50. The molecule has 0 aliphatic rings. The zero-order valence-corrected chi connectivity index (χ0v) is 19.3. The Bertz CT molecular complexity index is 2030. The van der Waals surface area contributed by atoms with Crippen LogP contribution in [0.1, 0.15) is 0 Å². The van der Waals surface area contributed by atoms with E-state index in [4.69, 9.17) is 9.97 Å². The van der Waals surface area contributed by atoms with E-state index in [9.17, 15) is 0 Å². The Morgan fingerprint density at radius 2 is 1.22 bits per heavy atom. The molecule has 0 unspecified atom stereocenters. The van der Waals surface area contributed by atoms with Gasteiger partial charge in [-0.2, -0.15) is 0 Å². The molecule has 3 aromatic carbocycles. The fraction of sp³-hybridized carbons (Fsp3) is 0. The second-order valence-corrected chi connectivity index (χ2v) is 9.21. The lowest BCUT2D eigenvalue weighted by atomic mass is 9.99. The third-order valence-electron chi connectivity index (χ3n) is 7.09. The highest BCUT2D eigenvalue weighted by atomic mass is 15.0. The molecule has 0 N–H and O–H groups in total. The van der Waals surface area contributed by atoms with E-state index in [0.717, 1.165) is 44.9 Å². The predicted molar refractivity (Wildman–Crippen MR) is 146 cm³/mol. The lowest BCUT2D eigenvalue weighted by Gasteiger charge is -2.06. The van der Waals surface area contributed by atoms with Gasteiger partial charge < -0.3 is 4.40 Å². The average molecular weight is 461 g/mol. The third-order valence-corrected chi connectivity index (χ3v) is 7.09. The second kappa shape index (κ2) is 7.27. The first kappa shape index (κ1) is 19.4. The molecule has 0 spiro atoms. The van der Waals surface area contributed by atoms with E-state index in [1.807, 2.05) is 24.4 Å². The summed E-state index contributed by atoms with van der Waals surface area (Å²) in [6.45, 7) is 0. The minimum atomic E-state index is 0.949. The Hall–Kier alpha value is -4.96. The summed E-state index contributed by atoms with van der Waals surface area (Å²) in [6, 6.07) is 38.3. The first-order valence-corrected chi connectivity index (χ1v) is 12.1. The number of pyridine rings is 2. The van der Waals surface area contributed by atoms with Crippen LogP contribution in [0.25, 0.3) is 66.7 Å². The van der Waals surface area contributed by atoms with E-state index in [2.05, 4.69) is 106 Å². The molecule has 0 saturated carbocycles. The molecule has 0 bridgehead atoms. The van der Waals surface area contributed by atoms with E-state index in [1.165, 1.54) is 21.8 Å². The Labute approximate surface area is 207 Å². The van der Waals surface area contributed by atoms with Crippen LogP contribution < -0.4 is 0 Å². The van der Waals surface area contributed by atoms with Gasteiger partial charge in [0.15, 0.2) is 0 Å². The average Bonchev–Trinajstić information content (AvgIpc) is 3.64. The molecule has 36 heavy (non-hydrogen) atoms. The van der Waals surface area contributed by atoms with Gasteiger partial charge in [-0.15, -0.1) is 0 Å². The van der Waals surface area contributed by atoms with Gasteiger partial charge in [0.25, 0.3) is 0 Å². The van der Waals surface area contributed by atoms with Crippen molar-refractivity contribution < 1.29 is 0 Å². The second-order valence-electron chi connectivity index (χ2n) is 9.21. The van der Waals surface area contributed by atoms with Crippen LogP contribution in [0.15, 0.2) is 122 Å².